The number of hydrogen-bond acceptors (Lipinski definition) is 10. The van der Waals surface area contributed by atoms with Gasteiger partial charge < -0.3 is 15.8 Å². The molecule has 2 aromatic rings. The van der Waals surface area contributed by atoms with Crippen LogP contribution in [0, 0.1) is 0 Å². The summed E-state index contributed by atoms with van der Waals surface area (Å²) in [6.45, 7) is 3.77. The Kier molecular flexibility index (Phi) is 6.84. The maximum Gasteiger partial charge on any atom is 0.292 e. The van der Waals surface area contributed by atoms with Gasteiger partial charge in [-0.25, -0.2) is 4.98 Å². The molecular weight excluding hydrogens is 470 g/mol. The number of fused-ring (bicyclic) bond motifs is 1. The van der Waals surface area contributed by atoms with Crippen molar-refractivity contribution < 1.29 is 18.6 Å². The number of nitrogens with two attached hydrogens (primary N) is 1. The van der Waals surface area contributed by atoms with Crippen molar-refractivity contribution in [3.8, 4) is 5.75 Å². The molecule has 0 bridgehead atoms. The molecule has 1 amide bonds. The van der Waals surface area contributed by atoms with E-state index < -0.39 is 16.5 Å². The average molecular weight is 494 g/mol. The summed E-state index contributed by atoms with van der Waals surface area (Å²) in [5.74, 6) is 0.655. The lowest BCUT2D eigenvalue weighted by molar-refractivity contribution is 0.0880. The second-order valence-corrected chi connectivity index (χ2v) is 9.20. The van der Waals surface area contributed by atoms with E-state index in [-0.39, 0.29) is 30.8 Å². The van der Waals surface area contributed by atoms with E-state index in [1.165, 1.54) is 0 Å². The number of rotatable bonds is 6. The van der Waals surface area contributed by atoms with Gasteiger partial charge in [-0.3, -0.25) is 18.6 Å². The van der Waals surface area contributed by atoms with Crippen LogP contribution in [0.3, 0.4) is 0 Å². The van der Waals surface area contributed by atoms with Gasteiger partial charge in [0.25, 0.3) is 12.2 Å². The van der Waals surface area contributed by atoms with Gasteiger partial charge in [-0.1, -0.05) is 11.1 Å². The SMILES string of the molecule is CC(C)(COc1cccc2c1C(N)=NS(O)(O)N2)NC(=O)c1ccnc(N2C=C[N+]=C2)c1.Cl. The zero-order valence-corrected chi connectivity index (χ0v) is 19.4. The molecule has 6 N–H and O–H groups in total. The van der Waals surface area contributed by atoms with Crippen molar-refractivity contribution in [1.82, 2.24) is 15.3 Å². The van der Waals surface area contributed by atoms with Gasteiger partial charge in [-0.2, -0.15) is 4.90 Å². The number of halogens is 1. The molecule has 175 valence electrons. The van der Waals surface area contributed by atoms with Crippen LogP contribution in [0.4, 0.5) is 11.5 Å². The lowest BCUT2D eigenvalue weighted by Crippen LogP contribution is -2.48. The van der Waals surface area contributed by atoms with Gasteiger partial charge in [0.05, 0.1) is 16.8 Å². The largest absolute Gasteiger partial charge is 0.490 e. The molecule has 11 nitrogen and oxygen atoms in total. The number of carbonyl (C=O) groups is 1. The topological polar surface area (TPSA) is 159 Å². The number of nitrogens with zero attached hydrogens (tertiary/aromatic N) is 4. The summed E-state index contributed by atoms with van der Waals surface area (Å²) in [6.07, 6.45) is 6.53. The fourth-order valence-corrected chi connectivity index (χ4v) is 4.00. The zero-order valence-electron chi connectivity index (χ0n) is 17.8. The van der Waals surface area contributed by atoms with E-state index in [0.717, 1.165) is 0 Å². The first-order chi connectivity index (χ1) is 15.1. The number of anilines is 2. The molecule has 0 spiro atoms. The molecule has 0 aliphatic carbocycles. The maximum atomic E-state index is 12.8. The standard InChI is InChI=1S/C20H23N7O4S.ClH/c1-20(2,24-19(28)13-6-7-23-16(10-13)27-9-8-22-12-27)11-31-15-5-3-4-14-17(15)18(21)26-32(29,30)25-14;/h3-10,12,25,29-30H,11H2,1-2H3,(H2,21,26)(H,24,28);1H/q+1;. The Bertz CT molecular complexity index is 1140. The molecule has 4 rings (SSSR count). The number of pyridine rings is 1. The summed E-state index contributed by atoms with van der Waals surface area (Å²) in [6, 6.07) is 8.32. The normalized spacial score (nSPS) is 16.7. The number of amides is 1. The van der Waals surface area contributed by atoms with Crippen LogP contribution >= 0.6 is 23.4 Å². The van der Waals surface area contributed by atoms with Crippen LogP contribution in [0.15, 0.2) is 53.3 Å². The third kappa shape index (κ3) is 5.54. The summed E-state index contributed by atoms with van der Waals surface area (Å²) in [5, 5.41) is 2.95. The first kappa shape index (κ1) is 24.3. The number of benzene rings is 1. The molecule has 13 heteroatoms. The highest BCUT2D eigenvalue weighted by Gasteiger charge is 2.28. The Balaban J connectivity index is 0.00000306. The quantitative estimate of drug-likeness (QED) is 0.410. The van der Waals surface area contributed by atoms with Gasteiger partial charge >= 0.3 is 0 Å². The van der Waals surface area contributed by atoms with E-state index in [1.807, 2.05) is 13.8 Å². The van der Waals surface area contributed by atoms with Gasteiger partial charge in [0.1, 0.15) is 18.6 Å². The third-order valence-electron chi connectivity index (χ3n) is 4.57. The van der Waals surface area contributed by atoms with Crippen LogP contribution in [-0.2, 0) is 0 Å². The van der Waals surface area contributed by atoms with Gasteiger partial charge in [0.15, 0.2) is 12.0 Å². The van der Waals surface area contributed by atoms with Crippen LogP contribution in [0.1, 0.15) is 29.8 Å². The predicted molar refractivity (Wildman–Crippen MR) is 132 cm³/mol. The minimum Gasteiger partial charge on any atom is -0.490 e. The molecule has 1 aromatic heterocycles. The first-order valence-corrected chi connectivity index (χ1v) is 11.1. The highest BCUT2D eigenvalue weighted by Crippen LogP contribution is 2.46. The second kappa shape index (κ2) is 9.27. The van der Waals surface area contributed by atoms with Crippen LogP contribution in [0.25, 0.3) is 0 Å². The number of ether oxygens (including phenoxy) is 1. The van der Waals surface area contributed by atoms with Crippen molar-refractivity contribution in [2.24, 2.45) is 10.1 Å². The van der Waals surface area contributed by atoms with E-state index in [2.05, 4.69) is 24.4 Å². The van der Waals surface area contributed by atoms with Gasteiger partial charge in [-0.15, -0.1) is 16.8 Å². The van der Waals surface area contributed by atoms with Crippen molar-refractivity contribution in [1.29, 1.82) is 0 Å². The summed E-state index contributed by atoms with van der Waals surface area (Å²) in [7, 11) is -3.38. The van der Waals surface area contributed by atoms with E-state index in [1.54, 1.807) is 60.2 Å². The number of carbonyl (C=O) groups excluding carboxylic acids is 1. The fraction of sp³-hybridized carbons (Fsp3) is 0.200. The Hall–Kier alpha value is -3.32. The van der Waals surface area contributed by atoms with E-state index in [4.69, 9.17) is 10.5 Å². The lowest BCUT2D eigenvalue weighted by atomic mass is 10.1. The summed E-state index contributed by atoms with van der Waals surface area (Å²) in [4.78, 5) is 22.8. The Morgan fingerprint density at radius 2 is 2.15 bits per heavy atom. The molecule has 3 heterocycles. The fourth-order valence-electron chi connectivity index (χ4n) is 3.12. The number of aromatic nitrogens is 1. The molecule has 0 atom stereocenters. The smallest absolute Gasteiger partial charge is 0.292 e. The van der Waals surface area contributed by atoms with Gasteiger partial charge in [0, 0.05) is 17.8 Å². The van der Waals surface area contributed by atoms with E-state index >= 15 is 0 Å². The zero-order chi connectivity index (χ0) is 22.9. The molecule has 2 aliphatic rings. The van der Waals surface area contributed by atoms with Crippen molar-refractivity contribution in [2.75, 3.05) is 16.2 Å². The number of hydrogen-bond donors (Lipinski definition) is 5. The molecule has 2 aliphatic heterocycles. The number of aliphatic imine (C=N–C) groups is 1. The number of amidine groups is 1. The molecule has 0 saturated heterocycles. The second-order valence-electron chi connectivity index (χ2n) is 7.78. The lowest BCUT2D eigenvalue weighted by Gasteiger charge is -2.34. The highest BCUT2D eigenvalue weighted by molar-refractivity contribution is 8.24. The highest BCUT2D eigenvalue weighted by atomic mass is 35.5. The summed E-state index contributed by atoms with van der Waals surface area (Å²) < 4.78 is 31.7. The van der Waals surface area contributed by atoms with Crippen LogP contribution in [0.2, 0.25) is 0 Å². The van der Waals surface area contributed by atoms with Crippen molar-refractivity contribution in [3.05, 3.63) is 60.1 Å². The molecular formula is C20H24ClN7O4S+. The van der Waals surface area contributed by atoms with Gasteiger partial charge in [-0.05, 0) is 43.0 Å². The monoisotopic (exact) mass is 493 g/mol. The van der Waals surface area contributed by atoms with Crippen molar-refractivity contribution >= 4 is 53.0 Å². The molecule has 0 fully saturated rings. The first-order valence-electron chi connectivity index (χ1n) is 9.58. The Morgan fingerprint density at radius 1 is 1.36 bits per heavy atom. The Labute approximate surface area is 198 Å². The summed E-state index contributed by atoms with van der Waals surface area (Å²) >= 11 is 0. The molecule has 0 unspecified atom stereocenters. The van der Waals surface area contributed by atoms with Crippen molar-refractivity contribution in [3.63, 3.8) is 0 Å². The van der Waals surface area contributed by atoms with Crippen molar-refractivity contribution in [2.45, 2.75) is 19.4 Å². The average Bonchev–Trinajstić information content (AvgIpc) is 3.26. The van der Waals surface area contributed by atoms with Crippen LogP contribution < -0.4 is 30.4 Å². The van der Waals surface area contributed by atoms with Gasteiger partial charge in [0.2, 0.25) is 5.82 Å². The van der Waals surface area contributed by atoms with E-state index in [0.29, 0.717) is 28.4 Å². The van der Waals surface area contributed by atoms with E-state index in [9.17, 15) is 13.9 Å². The van der Waals surface area contributed by atoms with Crippen LogP contribution in [0.5, 0.6) is 5.75 Å². The number of nitrogens with one attached hydrogen (secondary N) is 2. The summed E-state index contributed by atoms with van der Waals surface area (Å²) in [5.41, 5.74) is 6.46. The maximum absolute atomic E-state index is 12.8. The molecule has 33 heavy (non-hydrogen) atoms. The third-order valence-corrected chi connectivity index (χ3v) is 5.52. The minimum atomic E-state index is -3.38. The molecule has 0 saturated carbocycles. The Morgan fingerprint density at radius 3 is 2.88 bits per heavy atom. The molecule has 1 aromatic carbocycles. The minimum absolute atomic E-state index is 0. The predicted octanol–water partition coefficient (Wildman–Crippen LogP) is 2.46. The van der Waals surface area contributed by atoms with Crippen LogP contribution in [-0.4, -0.2) is 44.3 Å². The molecule has 1 radical (unpaired) electrons.